The summed E-state index contributed by atoms with van der Waals surface area (Å²) in [6.07, 6.45) is 10.0. The second-order valence-electron chi connectivity index (χ2n) is 7.72. The Kier molecular flexibility index (Phi) is 5.34. The first-order valence-corrected chi connectivity index (χ1v) is 9.78. The molecule has 1 atom stereocenters. The molecule has 0 aromatic carbocycles. The normalized spacial score (nSPS) is 21.5. The van der Waals surface area contributed by atoms with E-state index in [-0.39, 0.29) is 5.91 Å². The third-order valence-electron chi connectivity index (χ3n) is 5.99. The summed E-state index contributed by atoms with van der Waals surface area (Å²) >= 11 is 0. The van der Waals surface area contributed by atoms with Crippen LogP contribution in [-0.2, 0) is 6.54 Å². The Morgan fingerprint density at radius 1 is 1.11 bits per heavy atom. The van der Waals surface area contributed by atoms with E-state index >= 15 is 0 Å². The Morgan fingerprint density at radius 2 is 1.85 bits per heavy atom. The molecule has 6 nitrogen and oxygen atoms in total. The summed E-state index contributed by atoms with van der Waals surface area (Å²) in [5, 5.41) is 11.2. The van der Waals surface area contributed by atoms with E-state index < -0.39 is 0 Å². The van der Waals surface area contributed by atoms with Crippen molar-refractivity contribution < 1.29 is 9.52 Å². The van der Waals surface area contributed by atoms with Gasteiger partial charge in [-0.25, -0.2) is 0 Å². The van der Waals surface area contributed by atoms with Crippen LogP contribution in [0.1, 0.15) is 35.2 Å². The minimum Gasteiger partial charge on any atom is -0.619 e. The monoisotopic (exact) mass is 366 g/mol. The van der Waals surface area contributed by atoms with Gasteiger partial charge in [-0.15, -0.1) is 0 Å². The van der Waals surface area contributed by atoms with Crippen molar-refractivity contribution in [2.24, 2.45) is 11.8 Å². The molecular formula is C21H26N4O2. The quantitative estimate of drug-likeness (QED) is 0.614. The molecule has 4 rings (SSSR count). The largest absolute Gasteiger partial charge is 0.619 e. The smallest absolute Gasteiger partial charge is 0.254 e. The molecule has 2 aromatic heterocycles. The number of likely N-dealkylation sites (tertiary alicyclic amines) is 2. The van der Waals surface area contributed by atoms with Gasteiger partial charge in [0.2, 0.25) is 0 Å². The lowest BCUT2D eigenvalue weighted by atomic mass is 9.83. The lowest BCUT2D eigenvalue weighted by Gasteiger charge is -2.34. The maximum atomic E-state index is 12.6. The van der Waals surface area contributed by atoms with Crippen molar-refractivity contribution in [1.29, 1.82) is 0 Å². The summed E-state index contributed by atoms with van der Waals surface area (Å²) in [6.45, 7) is 4.88. The fourth-order valence-corrected chi connectivity index (χ4v) is 4.43. The van der Waals surface area contributed by atoms with Crippen LogP contribution < -0.4 is 4.73 Å². The molecule has 2 aliphatic heterocycles. The van der Waals surface area contributed by atoms with E-state index in [0.29, 0.717) is 22.1 Å². The molecular weight excluding hydrogens is 340 g/mol. The minimum absolute atomic E-state index is 0.0483. The van der Waals surface area contributed by atoms with Crippen LogP contribution in [0.3, 0.4) is 0 Å². The first kappa shape index (κ1) is 17.9. The number of carbonyl (C=O) groups is 1. The van der Waals surface area contributed by atoms with E-state index in [2.05, 4.69) is 16.0 Å². The van der Waals surface area contributed by atoms with E-state index in [1.54, 1.807) is 12.1 Å². The standard InChI is InChI=1S/C21H26N4O2/c26-21(19-6-12-25(27)13-7-19)24-11-5-20(16-24)18-3-9-23(10-4-18)15-17-2-1-8-22-14-17/h1-2,6-8,12-14,18,20H,3-5,9-11,15-16H2/t20-/m1/s1. The molecule has 142 valence electrons. The average molecular weight is 366 g/mol. The van der Waals surface area contributed by atoms with Crippen molar-refractivity contribution >= 4 is 5.91 Å². The number of rotatable bonds is 4. The van der Waals surface area contributed by atoms with Crippen LogP contribution in [0.5, 0.6) is 0 Å². The molecule has 2 aromatic rings. The second-order valence-corrected chi connectivity index (χ2v) is 7.72. The molecule has 0 saturated carbocycles. The SMILES string of the molecule is O=C(c1cc[n+]([O-])cc1)N1CC[C@@H](C2CCN(Cc3cccnc3)CC2)C1. The summed E-state index contributed by atoms with van der Waals surface area (Å²) < 4.78 is 0.711. The Balaban J connectivity index is 1.27. The summed E-state index contributed by atoms with van der Waals surface area (Å²) in [6, 6.07) is 7.35. The summed E-state index contributed by atoms with van der Waals surface area (Å²) in [5.74, 6) is 1.35. The first-order valence-electron chi connectivity index (χ1n) is 9.78. The van der Waals surface area contributed by atoms with Gasteiger partial charge in [0.1, 0.15) is 0 Å². The Morgan fingerprint density at radius 3 is 2.56 bits per heavy atom. The number of aromatic nitrogens is 2. The predicted octanol–water partition coefficient (Wildman–Crippen LogP) is 2.09. The van der Waals surface area contributed by atoms with Crippen molar-refractivity contribution in [3.8, 4) is 0 Å². The summed E-state index contributed by atoms with van der Waals surface area (Å²) in [7, 11) is 0. The lowest BCUT2D eigenvalue weighted by molar-refractivity contribution is -0.605. The molecule has 2 aliphatic rings. The molecule has 0 bridgehead atoms. The van der Waals surface area contributed by atoms with Crippen molar-refractivity contribution in [1.82, 2.24) is 14.8 Å². The molecule has 0 aliphatic carbocycles. The van der Waals surface area contributed by atoms with Gasteiger partial charge in [-0.1, -0.05) is 6.07 Å². The zero-order valence-corrected chi connectivity index (χ0v) is 15.5. The highest BCUT2D eigenvalue weighted by molar-refractivity contribution is 5.94. The van der Waals surface area contributed by atoms with E-state index in [0.717, 1.165) is 39.1 Å². The zero-order chi connectivity index (χ0) is 18.6. The molecule has 4 heterocycles. The van der Waals surface area contributed by atoms with E-state index in [1.807, 2.05) is 23.4 Å². The number of nitrogens with zero attached hydrogens (tertiary/aromatic N) is 4. The van der Waals surface area contributed by atoms with Crippen LogP contribution in [0, 0.1) is 17.0 Å². The Labute approximate surface area is 160 Å². The topological polar surface area (TPSA) is 63.4 Å². The molecule has 0 radical (unpaired) electrons. The molecule has 2 saturated heterocycles. The maximum absolute atomic E-state index is 12.6. The highest BCUT2D eigenvalue weighted by atomic mass is 16.5. The molecule has 0 unspecified atom stereocenters. The zero-order valence-electron chi connectivity index (χ0n) is 15.5. The molecule has 1 amide bonds. The third kappa shape index (κ3) is 4.27. The number of amides is 1. The first-order chi connectivity index (χ1) is 13.2. The van der Waals surface area contributed by atoms with Crippen molar-refractivity contribution in [2.75, 3.05) is 26.2 Å². The number of pyridine rings is 2. The highest BCUT2D eigenvalue weighted by Crippen LogP contribution is 2.32. The van der Waals surface area contributed by atoms with E-state index in [1.165, 1.54) is 30.8 Å². The second kappa shape index (κ2) is 8.05. The predicted molar refractivity (Wildman–Crippen MR) is 102 cm³/mol. The number of piperidine rings is 1. The van der Waals surface area contributed by atoms with Crippen molar-refractivity contribution in [3.05, 3.63) is 65.4 Å². The lowest BCUT2D eigenvalue weighted by Crippen LogP contribution is -2.37. The molecule has 6 heteroatoms. The van der Waals surface area contributed by atoms with Crippen LogP contribution in [0.2, 0.25) is 0 Å². The van der Waals surface area contributed by atoms with Crippen LogP contribution >= 0.6 is 0 Å². The van der Waals surface area contributed by atoms with Crippen molar-refractivity contribution in [3.63, 3.8) is 0 Å². The van der Waals surface area contributed by atoms with Gasteiger partial charge in [0.05, 0.1) is 5.56 Å². The van der Waals surface area contributed by atoms with E-state index in [9.17, 15) is 10.0 Å². The molecule has 0 spiro atoms. The van der Waals surface area contributed by atoms with E-state index in [4.69, 9.17) is 0 Å². The van der Waals surface area contributed by atoms with Crippen LogP contribution in [0.25, 0.3) is 0 Å². The number of hydrogen-bond donors (Lipinski definition) is 0. The van der Waals surface area contributed by atoms with Crippen LogP contribution in [-0.4, -0.2) is 46.9 Å². The number of hydrogen-bond acceptors (Lipinski definition) is 4. The highest BCUT2D eigenvalue weighted by Gasteiger charge is 2.34. The Hall–Kier alpha value is -2.47. The van der Waals surface area contributed by atoms with Gasteiger partial charge in [-0.3, -0.25) is 14.7 Å². The minimum atomic E-state index is 0.0483. The molecule has 2 fully saturated rings. The number of carbonyl (C=O) groups excluding carboxylic acids is 1. The maximum Gasteiger partial charge on any atom is 0.254 e. The van der Waals surface area contributed by atoms with Crippen LogP contribution in [0.15, 0.2) is 49.1 Å². The van der Waals surface area contributed by atoms with Gasteiger partial charge in [0.25, 0.3) is 5.91 Å². The van der Waals surface area contributed by atoms with Crippen molar-refractivity contribution in [2.45, 2.75) is 25.8 Å². The van der Waals surface area contributed by atoms with Crippen LogP contribution in [0.4, 0.5) is 0 Å². The molecule has 27 heavy (non-hydrogen) atoms. The summed E-state index contributed by atoms with van der Waals surface area (Å²) in [4.78, 5) is 21.3. The van der Waals surface area contributed by atoms with Gasteiger partial charge in [0.15, 0.2) is 12.4 Å². The summed E-state index contributed by atoms with van der Waals surface area (Å²) in [5.41, 5.74) is 1.88. The average Bonchev–Trinajstić information content (AvgIpc) is 3.20. The molecule has 0 N–H and O–H groups in total. The van der Waals surface area contributed by atoms with Gasteiger partial charge >= 0.3 is 0 Å². The fraction of sp³-hybridized carbons (Fsp3) is 0.476. The van der Waals surface area contributed by atoms with Gasteiger partial charge < -0.3 is 10.1 Å². The van der Waals surface area contributed by atoms with Gasteiger partial charge in [0, 0.05) is 44.2 Å². The van der Waals surface area contributed by atoms with Gasteiger partial charge in [-0.2, -0.15) is 4.73 Å². The fourth-order valence-electron chi connectivity index (χ4n) is 4.43. The Bertz CT molecular complexity index is 758. The van der Waals surface area contributed by atoms with Gasteiger partial charge in [-0.05, 0) is 55.8 Å². The third-order valence-corrected chi connectivity index (χ3v) is 5.99.